The summed E-state index contributed by atoms with van der Waals surface area (Å²) in [5, 5.41) is 10.6. The van der Waals surface area contributed by atoms with Crippen molar-refractivity contribution < 1.29 is 9.84 Å². The van der Waals surface area contributed by atoms with Crippen molar-refractivity contribution >= 4 is 11.2 Å². The molecule has 5 rings (SSSR count). The molecule has 4 heteroatoms. The van der Waals surface area contributed by atoms with Crippen LogP contribution in [0, 0.1) is 0 Å². The number of hydrogen-bond donors (Lipinski definition) is 1. The van der Waals surface area contributed by atoms with Crippen LogP contribution in [-0.2, 0) is 10.3 Å². The van der Waals surface area contributed by atoms with E-state index in [4.69, 9.17) is 4.74 Å². The zero-order valence-corrected chi connectivity index (χ0v) is 17.6. The molecule has 1 fully saturated rings. The second kappa shape index (κ2) is 7.44. The summed E-state index contributed by atoms with van der Waals surface area (Å²) in [7, 11) is 0. The van der Waals surface area contributed by atoms with Gasteiger partial charge in [0.25, 0.3) is 0 Å². The molecule has 30 heavy (non-hydrogen) atoms. The number of ether oxygens (including phenoxy) is 1. The van der Waals surface area contributed by atoms with Crippen LogP contribution in [0.1, 0.15) is 57.2 Å². The average molecular weight is 401 g/mol. The number of nitrogens with zero attached hydrogens (tertiary/aromatic N) is 2. The molecule has 0 spiro atoms. The molecular weight excluding hydrogens is 372 g/mol. The standard InChI is InChI=1S/C26H28N2O2/c1-18(2)30-23-11-6-20(7-12-23)24-16-27-25-13-8-21(17-28(24)25)19-4-9-22(10-5-19)26(29)14-3-15-26/h4-6,8-11,13,16-18,29H,3,7,12,14-15H2,1-2H3. The highest BCUT2D eigenvalue weighted by Crippen LogP contribution is 2.41. The van der Waals surface area contributed by atoms with E-state index in [1.54, 1.807) is 0 Å². The van der Waals surface area contributed by atoms with Crippen molar-refractivity contribution in [3.05, 3.63) is 78.0 Å². The molecule has 0 atom stereocenters. The number of aromatic nitrogens is 2. The number of allylic oxidation sites excluding steroid dienone is 4. The molecule has 2 heterocycles. The predicted octanol–water partition coefficient (Wildman–Crippen LogP) is 5.86. The van der Waals surface area contributed by atoms with Gasteiger partial charge in [-0.15, -0.1) is 0 Å². The fraction of sp³-hybridized carbons (Fsp3) is 0.346. The smallest absolute Gasteiger partial charge is 0.137 e. The average Bonchev–Trinajstić information content (AvgIpc) is 3.15. The van der Waals surface area contributed by atoms with Gasteiger partial charge in [0.05, 0.1) is 29.4 Å². The highest BCUT2D eigenvalue weighted by molar-refractivity contribution is 5.71. The maximum absolute atomic E-state index is 10.6. The number of aliphatic hydroxyl groups is 1. The predicted molar refractivity (Wildman–Crippen MR) is 120 cm³/mol. The van der Waals surface area contributed by atoms with Gasteiger partial charge in [-0.3, -0.25) is 4.40 Å². The summed E-state index contributed by atoms with van der Waals surface area (Å²) < 4.78 is 8.02. The lowest BCUT2D eigenvalue weighted by Gasteiger charge is -2.37. The Morgan fingerprint density at radius 2 is 1.77 bits per heavy atom. The summed E-state index contributed by atoms with van der Waals surface area (Å²) in [6.07, 6.45) is 13.3. The van der Waals surface area contributed by atoms with Crippen molar-refractivity contribution in [1.82, 2.24) is 9.38 Å². The topological polar surface area (TPSA) is 46.8 Å². The zero-order chi connectivity index (χ0) is 20.7. The van der Waals surface area contributed by atoms with Crippen molar-refractivity contribution in [3.8, 4) is 11.1 Å². The van der Waals surface area contributed by atoms with E-state index in [2.05, 4.69) is 78.0 Å². The van der Waals surface area contributed by atoms with E-state index in [1.165, 1.54) is 5.57 Å². The Hall–Kier alpha value is -2.85. The van der Waals surface area contributed by atoms with E-state index in [1.807, 2.05) is 6.20 Å². The molecule has 0 radical (unpaired) electrons. The molecule has 2 aliphatic rings. The van der Waals surface area contributed by atoms with Crippen LogP contribution in [0.25, 0.3) is 22.3 Å². The largest absolute Gasteiger partial charge is 0.495 e. The van der Waals surface area contributed by atoms with Gasteiger partial charge >= 0.3 is 0 Å². The molecule has 3 aromatic rings. The van der Waals surface area contributed by atoms with E-state index < -0.39 is 5.60 Å². The molecule has 0 aliphatic heterocycles. The minimum Gasteiger partial charge on any atom is -0.495 e. The van der Waals surface area contributed by atoms with Gasteiger partial charge < -0.3 is 9.84 Å². The van der Waals surface area contributed by atoms with Gasteiger partial charge in [0, 0.05) is 12.6 Å². The third-order valence-electron chi connectivity index (χ3n) is 6.27. The summed E-state index contributed by atoms with van der Waals surface area (Å²) in [4.78, 5) is 4.60. The van der Waals surface area contributed by atoms with E-state index in [-0.39, 0.29) is 6.10 Å². The van der Waals surface area contributed by atoms with E-state index in [0.717, 1.165) is 65.9 Å². The van der Waals surface area contributed by atoms with Crippen LogP contribution in [0.5, 0.6) is 0 Å². The third-order valence-corrected chi connectivity index (χ3v) is 6.27. The molecule has 2 aliphatic carbocycles. The van der Waals surface area contributed by atoms with Crippen LogP contribution < -0.4 is 0 Å². The molecule has 0 unspecified atom stereocenters. The van der Waals surface area contributed by atoms with Crippen LogP contribution in [0.3, 0.4) is 0 Å². The quantitative estimate of drug-likeness (QED) is 0.583. The molecular formula is C26H28N2O2. The van der Waals surface area contributed by atoms with Crippen molar-refractivity contribution in [1.29, 1.82) is 0 Å². The number of rotatable bonds is 5. The highest BCUT2D eigenvalue weighted by atomic mass is 16.5. The van der Waals surface area contributed by atoms with Gasteiger partial charge in [0.1, 0.15) is 5.65 Å². The summed E-state index contributed by atoms with van der Waals surface area (Å²) >= 11 is 0. The number of benzene rings is 1. The number of pyridine rings is 1. The third kappa shape index (κ3) is 3.46. The molecule has 0 amide bonds. The Kier molecular flexibility index (Phi) is 4.75. The Bertz CT molecular complexity index is 1130. The van der Waals surface area contributed by atoms with E-state index in [9.17, 15) is 5.11 Å². The maximum atomic E-state index is 10.6. The lowest BCUT2D eigenvalue weighted by atomic mass is 9.75. The SMILES string of the molecule is CC(C)OC1=CC=C(c2cnc3ccc(-c4ccc(C5(O)CCC5)cc4)cn23)CC1. The van der Waals surface area contributed by atoms with Crippen LogP contribution in [0.2, 0.25) is 0 Å². The number of hydrogen-bond acceptors (Lipinski definition) is 3. The first-order valence-corrected chi connectivity index (χ1v) is 10.9. The maximum Gasteiger partial charge on any atom is 0.137 e. The lowest BCUT2D eigenvalue weighted by Crippen LogP contribution is -2.33. The van der Waals surface area contributed by atoms with E-state index in [0.29, 0.717) is 0 Å². The van der Waals surface area contributed by atoms with Crippen molar-refractivity contribution in [2.75, 3.05) is 0 Å². The zero-order valence-electron chi connectivity index (χ0n) is 17.6. The molecule has 154 valence electrons. The molecule has 4 nitrogen and oxygen atoms in total. The van der Waals surface area contributed by atoms with Crippen molar-refractivity contribution in [3.63, 3.8) is 0 Å². The Balaban J connectivity index is 1.45. The van der Waals surface area contributed by atoms with Crippen LogP contribution >= 0.6 is 0 Å². The van der Waals surface area contributed by atoms with Gasteiger partial charge in [-0.05, 0) is 80.0 Å². The molecule has 0 bridgehead atoms. The Labute approximate surface area is 177 Å². The van der Waals surface area contributed by atoms with Crippen LogP contribution in [0.15, 0.2) is 66.7 Å². The first-order chi connectivity index (χ1) is 14.5. The van der Waals surface area contributed by atoms with Gasteiger partial charge in [-0.1, -0.05) is 30.3 Å². The van der Waals surface area contributed by atoms with Gasteiger partial charge in [0.2, 0.25) is 0 Å². The summed E-state index contributed by atoms with van der Waals surface area (Å²) in [5.74, 6) is 1.05. The second-order valence-corrected chi connectivity index (χ2v) is 8.74. The van der Waals surface area contributed by atoms with Crippen LogP contribution in [0.4, 0.5) is 0 Å². The minimum atomic E-state index is -0.612. The van der Waals surface area contributed by atoms with Gasteiger partial charge in [0.15, 0.2) is 0 Å². The second-order valence-electron chi connectivity index (χ2n) is 8.74. The minimum absolute atomic E-state index is 0.209. The van der Waals surface area contributed by atoms with Crippen molar-refractivity contribution in [2.24, 2.45) is 0 Å². The molecule has 2 aromatic heterocycles. The fourth-order valence-electron chi connectivity index (χ4n) is 4.39. The monoisotopic (exact) mass is 400 g/mol. The highest BCUT2D eigenvalue weighted by Gasteiger charge is 2.35. The van der Waals surface area contributed by atoms with E-state index >= 15 is 0 Å². The first kappa shape index (κ1) is 19.1. The molecule has 1 saturated carbocycles. The van der Waals surface area contributed by atoms with Gasteiger partial charge in [-0.2, -0.15) is 0 Å². The van der Waals surface area contributed by atoms with Crippen molar-refractivity contribution in [2.45, 2.75) is 57.7 Å². The summed E-state index contributed by atoms with van der Waals surface area (Å²) in [6, 6.07) is 12.5. The van der Waals surface area contributed by atoms with Gasteiger partial charge in [-0.25, -0.2) is 4.98 Å². The fourth-order valence-corrected chi connectivity index (χ4v) is 4.39. The Morgan fingerprint density at radius 3 is 2.40 bits per heavy atom. The number of fused-ring (bicyclic) bond motifs is 1. The molecule has 1 N–H and O–H groups in total. The summed E-state index contributed by atoms with van der Waals surface area (Å²) in [5.41, 5.74) is 6.06. The Morgan fingerprint density at radius 1 is 1.00 bits per heavy atom. The number of imidazole rings is 1. The van der Waals surface area contributed by atoms with Crippen LogP contribution in [-0.4, -0.2) is 20.6 Å². The first-order valence-electron chi connectivity index (χ1n) is 10.9. The lowest BCUT2D eigenvalue weighted by molar-refractivity contribution is -0.0387. The molecule has 0 saturated heterocycles. The normalized spacial score (nSPS) is 18.1. The summed E-state index contributed by atoms with van der Waals surface area (Å²) in [6.45, 7) is 4.12. The molecule has 1 aromatic carbocycles.